The number of aryl methyl sites for hydroxylation is 2. The van der Waals surface area contributed by atoms with E-state index >= 15 is 0 Å². The minimum atomic E-state index is 0.476. The molecule has 0 fully saturated rings. The third kappa shape index (κ3) is 3.09. The van der Waals surface area contributed by atoms with Crippen LogP contribution in [0.5, 0.6) is 0 Å². The number of nitrogen functional groups attached to an aromatic ring is 1. The quantitative estimate of drug-likeness (QED) is 0.940. The molecule has 0 saturated carbocycles. The Labute approximate surface area is 115 Å². The summed E-state index contributed by atoms with van der Waals surface area (Å²) in [6.07, 6.45) is 4.45. The van der Waals surface area contributed by atoms with Gasteiger partial charge in [-0.2, -0.15) is 0 Å². The maximum Gasteiger partial charge on any atom is 0.131 e. The molecule has 2 aromatic heterocycles. The Hall–Kier alpha value is -1.39. The number of hydrogen-bond acceptors (Lipinski definition) is 4. The molecule has 0 saturated heterocycles. The van der Waals surface area contributed by atoms with Gasteiger partial charge in [0.2, 0.25) is 0 Å². The molecule has 0 aromatic carbocycles. The van der Waals surface area contributed by atoms with Crippen LogP contribution in [0, 0.1) is 6.92 Å². The first-order valence-corrected chi connectivity index (χ1v) is 6.20. The highest BCUT2D eigenvalue weighted by atomic mass is 35.5. The zero-order valence-electron chi connectivity index (χ0n) is 9.82. The molecule has 0 aliphatic rings. The van der Waals surface area contributed by atoms with Crippen LogP contribution in [-0.2, 0) is 12.8 Å². The number of hydrogen-bond donors (Lipinski definition) is 1. The average Bonchev–Trinajstić information content (AvgIpc) is 2.27. The summed E-state index contributed by atoms with van der Waals surface area (Å²) in [6, 6.07) is 1.73. The van der Waals surface area contributed by atoms with Gasteiger partial charge in [0, 0.05) is 30.6 Å². The first-order valence-electron chi connectivity index (χ1n) is 5.44. The van der Waals surface area contributed by atoms with Gasteiger partial charge >= 0.3 is 0 Å². The van der Waals surface area contributed by atoms with Gasteiger partial charge in [-0.15, -0.1) is 0 Å². The Morgan fingerprint density at radius 1 is 1.11 bits per heavy atom. The SMILES string of the molecule is Cc1cc(N)nc(CCc2c(Cl)cncc2Cl)n1. The van der Waals surface area contributed by atoms with Crippen molar-refractivity contribution >= 4 is 29.0 Å². The molecule has 6 heteroatoms. The molecule has 94 valence electrons. The van der Waals surface area contributed by atoms with E-state index in [0.717, 1.165) is 11.3 Å². The number of aromatic nitrogens is 3. The second kappa shape index (κ2) is 5.50. The van der Waals surface area contributed by atoms with Crippen molar-refractivity contribution < 1.29 is 0 Å². The summed E-state index contributed by atoms with van der Waals surface area (Å²) < 4.78 is 0. The van der Waals surface area contributed by atoms with Gasteiger partial charge in [-0.05, 0) is 18.9 Å². The van der Waals surface area contributed by atoms with Crippen LogP contribution < -0.4 is 5.73 Å². The Bertz CT molecular complexity index is 531. The second-order valence-corrected chi connectivity index (χ2v) is 4.75. The van der Waals surface area contributed by atoms with E-state index in [1.807, 2.05) is 6.92 Å². The molecular weight excluding hydrogens is 271 g/mol. The summed E-state index contributed by atoms with van der Waals surface area (Å²) in [7, 11) is 0. The number of nitrogens with zero attached hydrogens (tertiary/aromatic N) is 3. The fraction of sp³-hybridized carbons (Fsp3) is 0.250. The van der Waals surface area contributed by atoms with Crippen molar-refractivity contribution in [1.82, 2.24) is 15.0 Å². The van der Waals surface area contributed by atoms with Crippen molar-refractivity contribution in [3.63, 3.8) is 0 Å². The molecule has 0 radical (unpaired) electrons. The van der Waals surface area contributed by atoms with E-state index in [2.05, 4.69) is 15.0 Å². The number of nitrogens with two attached hydrogens (primary N) is 1. The van der Waals surface area contributed by atoms with Gasteiger partial charge in [0.15, 0.2) is 0 Å². The van der Waals surface area contributed by atoms with E-state index in [4.69, 9.17) is 28.9 Å². The lowest BCUT2D eigenvalue weighted by Gasteiger charge is -2.06. The van der Waals surface area contributed by atoms with Gasteiger partial charge in [0.05, 0.1) is 10.0 Å². The van der Waals surface area contributed by atoms with E-state index < -0.39 is 0 Å². The summed E-state index contributed by atoms with van der Waals surface area (Å²) >= 11 is 12.1. The summed E-state index contributed by atoms with van der Waals surface area (Å²) in [4.78, 5) is 12.4. The topological polar surface area (TPSA) is 64.7 Å². The van der Waals surface area contributed by atoms with Crippen LogP contribution in [0.2, 0.25) is 10.0 Å². The van der Waals surface area contributed by atoms with Gasteiger partial charge in [-0.3, -0.25) is 4.98 Å². The molecule has 0 spiro atoms. The second-order valence-electron chi connectivity index (χ2n) is 3.93. The predicted molar refractivity (Wildman–Crippen MR) is 72.8 cm³/mol. The Morgan fingerprint density at radius 2 is 1.78 bits per heavy atom. The molecule has 0 bridgehead atoms. The molecule has 0 atom stereocenters. The highest BCUT2D eigenvalue weighted by molar-refractivity contribution is 6.35. The Kier molecular flexibility index (Phi) is 3.99. The zero-order chi connectivity index (χ0) is 13.1. The molecule has 0 amide bonds. The van der Waals surface area contributed by atoms with Crippen molar-refractivity contribution in [3.8, 4) is 0 Å². The summed E-state index contributed by atoms with van der Waals surface area (Å²) in [5.74, 6) is 1.17. The molecule has 2 rings (SSSR count). The van der Waals surface area contributed by atoms with Crippen molar-refractivity contribution in [2.24, 2.45) is 0 Å². The van der Waals surface area contributed by atoms with Crippen molar-refractivity contribution in [2.75, 3.05) is 5.73 Å². The first kappa shape index (κ1) is 13.1. The molecule has 4 nitrogen and oxygen atoms in total. The first-order chi connectivity index (χ1) is 8.56. The zero-order valence-corrected chi connectivity index (χ0v) is 11.3. The summed E-state index contributed by atoms with van der Waals surface area (Å²) in [5, 5.41) is 1.12. The number of anilines is 1. The minimum Gasteiger partial charge on any atom is -0.384 e. The van der Waals surface area contributed by atoms with E-state index in [1.54, 1.807) is 18.5 Å². The normalized spacial score (nSPS) is 10.6. The maximum atomic E-state index is 6.05. The third-order valence-corrected chi connectivity index (χ3v) is 3.12. The van der Waals surface area contributed by atoms with E-state index in [0.29, 0.717) is 34.5 Å². The molecule has 2 aromatic rings. The molecular formula is C12H12Cl2N4. The monoisotopic (exact) mass is 282 g/mol. The number of halogens is 2. The lowest BCUT2D eigenvalue weighted by molar-refractivity contribution is 0.849. The Morgan fingerprint density at radius 3 is 2.39 bits per heavy atom. The Balaban J connectivity index is 2.16. The van der Waals surface area contributed by atoms with E-state index in [-0.39, 0.29) is 0 Å². The molecule has 2 N–H and O–H groups in total. The standard InChI is InChI=1S/C12H12Cl2N4/c1-7-4-11(15)18-12(17-7)3-2-8-9(13)5-16-6-10(8)14/h4-6H,2-3H2,1H3,(H2,15,17,18). The minimum absolute atomic E-state index is 0.476. The van der Waals surface area contributed by atoms with E-state index in [9.17, 15) is 0 Å². The van der Waals surface area contributed by atoms with Crippen molar-refractivity contribution in [3.05, 3.63) is 45.6 Å². The van der Waals surface area contributed by atoms with Crippen LogP contribution in [0.1, 0.15) is 17.1 Å². The lowest BCUT2D eigenvalue weighted by Crippen LogP contribution is -2.03. The van der Waals surface area contributed by atoms with Gasteiger partial charge in [0.25, 0.3) is 0 Å². The molecule has 18 heavy (non-hydrogen) atoms. The van der Waals surface area contributed by atoms with Crippen LogP contribution in [0.25, 0.3) is 0 Å². The maximum absolute atomic E-state index is 6.05. The summed E-state index contributed by atoms with van der Waals surface area (Å²) in [6.45, 7) is 1.88. The van der Waals surface area contributed by atoms with Crippen molar-refractivity contribution in [2.45, 2.75) is 19.8 Å². The molecule has 0 aliphatic heterocycles. The van der Waals surface area contributed by atoms with Crippen LogP contribution in [-0.4, -0.2) is 15.0 Å². The highest BCUT2D eigenvalue weighted by Crippen LogP contribution is 2.24. The molecule has 0 aliphatic carbocycles. The average molecular weight is 283 g/mol. The van der Waals surface area contributed by atoms with Gasteiger partial charge in [-0.1, -0.05) is 23.2 Å². The number of pyridine rings is 1. The van der Waals surface area contributed by atoms with Gasteiger partial charge in [0.1, 0.15) is 11.6 Å². The van der Waals surface area contributed by atoms with Crippen LogP contribution in [0.3, 0.4) is 0 Å². The van der Waals surface area contributed by atoms with E-state index in [1.165, 1.54) is 0 Å². The van der Waals surface area contributed by atoms with Crippen molar-refractivity contribution in [1.29, 1.82) is 0 Å². The number of rotatable bonds is 3. The smallest absolute Gasteiger partial charge is 0.131 e. The fourth-order valence-corrected chi connectivity index (χ4v) is 2.24. The molecule has 2 heterocycles. The molecule has 0 unspecified atom stereocenters. The van der Waals surface area contributed by atoms with Crippen LogP contribution in [0.15, 0.2) is 18.5 Å². The third-order valence-electron chi connectivity index (χ3n) is 2.47. The predicted octanol–water partition coefficient (Wildman–Crippen LogP) is 2.85. The largest absolute Gasteiger partial charge is 0.384 e. The van der Waals surface area contributed by atoms with Gasteiger partial charge in [-0.25, -0.2) is 9.97 Å². The highest BCUT2D eigenvalue weighted by Gasteiger charge is 2.08. The van der Waals surface area contributed by atoms with Gasteiger partial charge < -0.3 is 5.73 Å². The van der Waals surface area contributed by atoms with Crippen LogP contribution in [0.4, 0.5) is 5.82 Å². The van der Waals surface area contributed by atoms with Crippen LogP contribution >= 0.6 is 23.2 Å². The lowest BCUT2D eigenvalue weighted by atomic mass is 10.1. The fourth-order valence-electron chi connectivity index (χ4n) is 1.68. The summed E-state index contributed by atoms with van der Waals surface area (Å²) in [5.41, 5.74) is 7.38.